The van der Waals surface area contributed by atoms with Crippen molar-refractivity contribution in [3.63, 3.8) is 0 Å². The fourth-order valence-corrected chi connectivity index (χ4v) is 6.75. The molecule has 1 saturated heterocycles. The number of likely N-dealkylation sites (tertiary alicyclic amines) is 1. The Bertz CT molecular complexity index is 732. The van der Waals surface area contributed by atoms with E-state index in [1.807, 2.05) is 0 Å². The van der Waals surface area contributed by atoms with Crippen molar-refractivity contribution < 1.29 is 14.0 Å². The largest absolute Gasteiger partial charge is 0.350 e. The number of hydrogen-bond donors (Lipinski definition) is 1. The summed E-state index contributed by atoms with van der Waals surface area (Å²) in [6.07, 6.45) is 9.07. The lowest BCUT2D eigenvalue weighted by atomic mass is 9.53. The van der Waals surface area contributed by atoms with Crippen LogP contribution in [0.4, 0.5) is 4.39 Å². The summed E-state index contributed by atoms with van der Waals surface area (Å²) < 4.78 is 13.1. The van der Waals surface area contributed by atoms with Crippen LogP contribution in [0.3, 0.4) is 0 Å². The Morgan fingerprint density at radius 1 is 0.929 bits per heavy atom. The molecule has 28 heavy (non-hydrogen) atoms. The number of carbonyl (C=O) groups is 2. The van der Waals surface area contributed by atoms with Crippen LogP contribution < -0.4 is 5.32 Å². The molecule has 0 radical (unpaired) electrons. The molecule has 4 saturated carbocycles. The first kappa shape index (κ1) is 18.1. The Labute approximate surface area is 165 Å². The number of amides is 2. The van der Waals surface area contributed by atoms with E-state index < -0.39 is 0 Å². The van der Waals surface area contributed by atoms with E-state index in [-0.39, 0.29) is 29.1 Å². The molecule has 0 spiro atoms. The second-order valence-corrected chi connectivity index (χ2v) is 9.76. The van der Waals surface area contributed by atoms with E-state index in [4.69, 9.17) is 0 Å². The van der Waals surface area contributed by atoms with Crippen LogP contribution in [-0.4, -0.2) is 35.3 Å². The predicted molar refractivity (Wildman–Crippen MR) is 104 cm³/mol. The number of nitrogens with zero attached hydrogens (tertiary/aromatic N) is 1. The zero-order chi connectivity index (χ0) is 19.3. The fraction of sp³-hybridized carbons (Fsp3) is 0.652. The van der Waals surface area contributed by atoms with Crippen LogP contribution in [0.2, 0.25) is 0 Å². The molecular weight excluding hydrogens is 355 g/mol. The summed E-state index contributed by atoms with van der Waals surface area (Å²) in [5.41, 5.74) is 0.574. The average molecular weight is 384 g/mol. The minimum absolute atomic E-state index is 0.00488. The molecule has 1 aliphatic heterocycles. The van der Waals surface area contributed by atoms with Gasteiger partial charge in [-0.15, -0.1) is 0 Å². The number of nitrogens with one attached hydrogen (secondary N) is 1. The Morgan fingerprint density at radius 2 is 1.46 bits per heavy atom. The quantitative estimate of drug-likeness (QED) is 0.863. The molecule has 6 rings (SSSR count). The Kier molecular flexibility index (Phi) is 4.44. The highest BCUT2D eigenvalue weighted by molar-refractivity contribution is 5.94. The van der Waals surface area contributed by atoms with Gasteiger partial charge in [-0.05, 0) is 93.4 Å². The Morgan fingerprint density at radius 3 is 2.00 bits per heavy atom. The average Bonchev–Trinajstić information content (AvgIpc) is 2.67. The molecule has 5 aliphatic rings. The molecule has 0 aromatic heterocycles. The van der Waals surface area contributed by atoms with Crippen LogP contribution in [0.15, 0.2) is 24.3 Å². The third-order valence-electron chi connectivity index (χ3n) is 7.67. The van der Waals surface area contributed by atoms with Gasteiger partial charge < -0.3 is 10.2 Å². The van der Waals surface area contributed by atoms with Crippen LogP contribution >= 0.6 is 0 Å². The van der Waals surface area contributed by atoms with Gasteiger partial charge in [0, 0.05) is 30.1 Å². The lowest BCUT2D eigenvalue weighted by Crippen LogP contribution is -2.61. The fourth-order valence-electron chi connectivity index (χ4n) is 6.75. The molecule has 4 bridgehead atoms. The van der Waals surface area contributed by atoms with E-state index in [0.29, 0.717) is 31.5 Å². The predicted octanol–water partition coefficient (Wildman–Crippen LogP) is 3.76. The third kappa shape index (κ3) is 3.33. The van der Waals surface area contributed by atoms with Crippen LogP contribution in [0, 0.1) is 29.5 Å². The van der Waals surface area contributed by atoms with Gasteiger partial charge in [0.05, 0.1) is 0 Å². The lowest BCUT2D eigenvalue weighted by molar-refractivity contribution is -0.132. The number of halogens is 1. The summed E-state index contributed by atoms with van der Waals surface area (Å²) in [4.78, 5) is 27.4. The molecule has 1 N–H and O–H groups in total. The molecule has 5 heteroatoms. The molecule has 150 valence electrons. The first-order chi connectivity index (χ1) is 13.5. The highest BCUT2D eigenvalue weighted by atomic mass is 19.1. The number of piperidine rings is 1. The standard InChI is InChI=1S/C23H29FN2O2/c24-20-3-1-19(2-4-20)22(28)26-7-5-18(6-8-26)21(27)25-23-12-15-9-16(13-23)11-17(10-15)14-23/h1-4,15-18H,5-14H2,(H,25,27). The molecule has 1 aromatic carbocycles. The summed E-state index contributed by atoms with van der Waals surface area (Å²) in [6, 6.07) is 5.70. The zero-order valence-electron chi connectivity index (χ0n) is 16.3. The Balaban J connectivity index is 1.17. The van der Waals surface area contributed by atoms with Gasteiger partial charge in [-0.25, -0.2) is 4.39 Å². The van der Waals surface area contributed by atoms with Crippen molar-refractivity contribution in [2.75, 3.05) is 13.1 Å². The highest BCUT2D eigenvalue weighted by Crippen LogP contribution is 2.55. The van der Waals surface area contributed by atoms with Crippen molar-refractivity contribution in [3.05, 3.63) is 35.6 Å². The SMILES string of the molecule is O=C(NC12CC3CC(CC(C3)C1)C2)C1CCN(C(=O)c2ccc(F)cc2)CC1. The van der Waals surface area contributed by atoms with Crippen LogP contribution in [0.25, 0.3) is 0 Å². The number of carbonyl (C=O) groups excluding carboxylic acids is 2. The summed E-state index contributed by atoms with van der Waals surface area (Å²) in [7, 11) is 0. The molecule has 0 unspecified atom stereocenters. The van der Waals surface area contributed by atoms with Crippen LogP contribution in [-0.2, 0) is 4.79 Å². The summed E-state index contributed by atoms with van der Waals surface area (Å²) in [5.74, 6) is 2.27. The topological polar surface area (TPSA) is 49.4 Å². The van der Waals surface area contributed by atoms with Gasteiger partial charge in [0.1, 0.15) is 5.82 Å². The van der Waals surface area contributed by atoms with Gasteiger partial charge in [0.15, 0.2) is 0 Å². The van der Waals surface area contributed by atoms with Gasteiger partial charge in [0.25, 0.3) is 5.91 Å². The van der Waals surface area contributed by atoms with Crippen molar-refractivity contribution in [3.8, 4) is 0 Å². The van der Waals surface area contributed by atoms with Crippen molar-refractivity contribution >= 4 is 11.8 Å². The second kappa shape index (κ2) is 6.85. The maximum atomic E-state index is 13.1. The smallest absolute Gasteiger partial charge is 0.253 e. The number of rotatable bonds is 3. The number of hydrogen-bond acceptors (Lipinski definition) is 2. The van der Waals surface area contributed by atoms with E-state index in [1.165, 1.54) is 62.8 Å². The first-order valence-electron chi connectivity index (χ1n) is 10.9. The molecular formula is C23H29FN2O2. The molecule has 1 aromatic rings. The minimum atomic E-state index is -0.336. The van der Waals surface area contributed by atoms with Gasteiger partial charge in [-0.2, -0.15) is 0 Å². The maximum absolute atomic E-state index is 13.1. The molecule has 0 atom stereocenters. The monoisotopic (exact) mass is 384 g/mol. The van der Waals surface area contributed by atoms with Crippen molar-refractivity contribution in [2.45, 2.75) is 56.9 Å². The molecule has 2 amide bonds. The van der Waals surface area contributed by atoms with E-state index in [1.54, 1.807) is 4.90 Å². The third-order valence-corrected chi connectivity index (χ3v) is 7.67. The zero-order valence-corrected chi connectivity index (χ0v) is 16.3. The van der Waals surface area contributed by atoms with E-state index in [9.17, 15) is 14.0 Å². The first-order valence-corrected chi connectivity index (χ1v) is 10.9. The second-order valence-electron chi connectivity index (χ2n) is 9.76. The lowest BCUT2D eigenvalue weighted by Gasteiger charge is -2.57. The van der Waals surface area contributed by atoms with Gasteiger partial charge in [0.2, 0.25) is 5.91 Å². The van der Waals surface area contributed by atoms with Crippen molar-refractivity contribution in [1.82, 2.24) is 10.2 Å². The molecule has 1 heterocycles. The number of benzene rings is 1. The summed E-state index contributed by atoms with van der Waals surface area (Å²) in [5, 5.41) is 3.49. The van der Waals surface area contributed by atoms with E-state index in [2.05, 4.69) is 5.32 Å². The minimum Gasteiger partial charge on any atom is -0.350 e. The molecule has 5 fully saturated rings. The van der Waals surface area contributed by atoms with E-state index >= 15 is 0 Å². The Hall–Kier alpha value is -1.91. The van der Waals surface area contributed by atoms with Gasteiger partial charge >= 0.3 is 0 Å². The summed E-state index contributed by atoms with van der Waals surface area (Å²) in [6.45, 7) is 1.18. The molecule has 4 aliphatic carbocycles. The van der Waals surface area contributed by atoms with Gasteiger partial charge in [-0.3, -0.25) is 9.59 Å². The van der Waals surface area contributed by atoms with Crippen LogP contribution in [0.1, 0.15) is 61.7 Å². The normalized spacial score (nSPS) is 34.5. The summed E-state index contributed by atoms with van der Waals surface area (Å²) >= 11 is 0. The van der Waals surface area contributed by atoms with Crippen molar-refractivity contribution in [1.29, 1.82) is 0 Å². The van der Waals surface area contributed by atoms with Crippen LogP contribution in [0.5, 0.6) is 0 Å². The highest BCUT2D eigenvalue weighted by Gasteiger charge is 2.51. The molecule has 4 nitrogen and oxygen atoms in total. The van der Waals surface area contributed by atoms with Crippen molar-refractivity contribution in [2.24, 2.45) is 23.7 Å². The van der Waals surface area contributed by atoms with Gasteiger partial charge in [-0.1, -0.05) is 0 Å². The maximum Gasteiger partial charge on any atom is 0.253 e. The van der Waals surface area contributed by atoms with E-state index in [0.717, 1.165) is 17.8 Å².